The summed E-state index contributed by atoms with van der Waals surface area (Å²) in [6.07, 6.45) is 3.90. The molecule has 0 aromatic rings. The van der Waals surface area contributed by atoms with Crippen LogP contribution < -0.4 is 10.6 Å². The zero-order valence-electron chi connectivity index (χ0n) is 15.7. The van der Waals surface area contributed by atoms with Crippen LogP contribution in [0.5, 0.6) is 0 Å². The molecule has 1 heterocycles. The summed E-state index contributed by atoms with van der Waals surface area (Å²) in [5.41, 5.74) is -0.216. The highest BCUT2D eigenvalue weighted by molar-refractivity contribution is 14.0. The molecule has 0 aromatic carbocycles. The van der Waals surface area contributed by atoms with Gasteiger partial charge < -0.3 is 20.3 Å². The average Bonchev–Trinajstić information content (AvgIpc) is 2.49. The Kier molecular flexibility index (Phi) is 12.3. The van der Waals surface area contributed by atoms with E-state index in [0.717, 1.165) is 31.4 Å². The standard InChI is InChI=1S/C17H36N4O.HI/c1-6-18-16(20-14-17(3,4)22-5)19-10-8-12-21-11-7-9-15(2)13-21;/h15H,6-14H2,1-5H3,(H2,18,19,20);1H. The minimum atomic E-state index is -0.216. The maximum absolute atomic E-state index is 5.41. The van der Waals surface area contributed by atoms with Gasteiger partial charge in [-0.25, -0.2) is 0 Å². The highest BCUT2D eigenvalue weighted by Gasteiger charge is 2.16. The van der Waals surface area contributed by atoms with Gasteiger partial charge in [0.2, 0.25) is 0 Å². The third-order valence-electron chi connectivity index (χ3n) is 4.20. The Labute approximate surface area is 160 Å². The summed E-state index contributed by atoms with van der Waals surface area (Å²) >= 11 is 0. The number of hydrogen-bond donors (Lipinski definition) is 2. The van der Waals surface area contributed by atoms with Gasteiger partial charge in [-0.3, -0.25) is 4.99 Å². The van der Waals surface area contributed by atoms with Crippen LogP contribution in [0.1, 0.15) is 47.0 Å². The minimum Gasteiger partial charge on any atom is -0.377 e. The van der Waals surface area contributed by atoms with Gasteiger partial charge in [0.15, 0.2) is 5.96 Å². The van der Waals surface area contributed by atoms with Crippen molar-refractivity contribution in [3.63, 3.8) is 0 Å². The van der Waals surface area contributed by atoms with Crippen LogP contribution in [0.3, 0.4) is 0 Å². The number of rotatable bonds is 8. The fourth-order valence-electron chi connectivity index (χ4n) is 2.67. The number of ether oxygens (including phenoxy) is 1. The summed E-state index contributed by atoms with van der Waals surface area (Å²) < 4.78 is 5.41. The second-order valence-electron chi connectivity index (χ2n) is 6.99. The number of hydrogen-bond acceptors (Lipinski definition) is 3. The molecule has 1 fully saturated rings. The summed E-state index contributed by atoms with van der Waals surface area (Å²) in [6.45, 7) is 14.8. The monoisotopic (exact) mass is 440 g/mol. The first-order valence-corrected chi connectivity index (χ1v) is 8.76. The van der Waals surface area contributed by atoms with E-state index in [9.17, 15) is 0 Å². The number of methoxy groups -OCH3 is 1. The molecular formula is C17H37IN4O. The van der Waals surface area contributed by atoms with E-state index in [4.69, 9.17) is 4.74 Å². The Morgan fingerprint density at radius 2 is 2.09 bits per heavy atom. The summed E-state index contributed by atoms with van der Waals surface area (Å²) in [4.78, 5) is 7.20. The van der Waals surface area contributed by atoms with Gasteiger partial charge in [0, 0.05) is 26.7 Å². The summed E-state index contributed by atoms with van der Waals surface area (Å²) in [7, 11) is 1.73. The van der Waals surface area contributed by atoms with E-state index in [-0.39, 0.29) is 29.6 Å². The number of piperidine rings is 1. The molecule has 1 rings (SSSR count). The molecule has 2 N–H and O–H groups in total. The zero-order chi connectivity index (χ0) is 16.4. The molecule has 0 amide bonds. The van der Waals surface area contributed by atoms with E-state index in [1.54, 1.807) is 7.11 Å². The van der Waals surface area contributed by atoms with Crippen LogP contribution in [0.15, 0.2) is 4.99 Å². The summed E-state index contributed by atoms with van der Waals surface area (Å²) in [6, 6.07) is 0. The van der Waals surface area contributed by atoms with Crippen LogP contribution in [0.4, 0.5) is 0 Å². The first kappa shape index (κ1) is 22.9. The van der Waals surface area contributed by atoms with E-state index in [1.165, 1.54) is 32.5 Å². The third-order valence-corrected chi connectivity index (χ3v) is 4.20. The highest BCUT2D eigenvalue weighted by atomic mass is 127. The lowest BCUT2D eigenvalue weighted by Crippen LogP contribution is -2.41. The fourth-order valence-corrected chi connectivity index (χ4v) is 2.67. The second-order valence-corrected chi connectivity index (χ2v) is 6.99. The first-order valence-electron chi connectivity index (χ1n) is 8.76. The molecule has 1 unspecified atom stereocenters. The molecule has 1 aliphatic rings. The van der Waals surface area contributed by atoms with E-state index < -0.39 is 0 Å². The third kappa shape index (κ3) is 10.4. The van der Waals surface area contributed by atoms with Gasteiger partial charge in [-0.15, -0.1) is 24.0 Å². The lowest BCUT2D eigenvalue weighted by molar-refractivity contribution is 0.0310. The van der Waals surface area contributed by atoms with Crippen LogP contribution >= 0.6 is 24.0 Å². The maximum Gasteiger partial charge on any atom is 0.191 e. The van der Waals surface area contributed by atoms with Crippen LogP contribution in [-0.4, -0.2) is 62.8 Å². The van der Waals surface area contributed by atoms with Gasteiger partial charge >= 0.3 is 0 Å². The number of likely N-dealkylation sites (tertiary alicyclic amines) is 1. The van der Waals surface area contributed by atoms with E-state index in [0.29, 0.717) is 6.54 Å². The minimum absolute atomic E-state index is 0. The van der Waals surface area contributed by atoms with Crippen molar-refractivity contribution < 1.29 is 4.74 Å². The number of guanidine groups is 1. The van der Waals surface area contributed by atoms with Gasteiger partial charge in [-0.1, -0.05) is 6.92 Å². The maximum atomic E-state index is 5.41. The SMILES string of the molecule is CCNC(=NCC(C)(C)OC)NCCCN1CCCC(C)C1.I. The van der Waals surface area contributed by atoms with Gasteiger partial charge in [0.25, 0.3) is 0 Å². The van der Waals surface area contributed by atoms with Crippen molar-refractivity contribution >= 4 is 29.9 Å². The lowest BCUT2D eigenvalue weighted by atomic mass is 10.0. The molecule has 1 aliphatic heterocycles. The molecule has 6 heteroatoms. The number of nitrogens with one attached hydrogen (secondary N) is 2. The van der Waals surface area contributed by atoms with Gasteiger partial charge in [-0.2, -0.15) is 0 Å². The Balaban J connectivity index is 0.00000484. The quantitative estimate of drug-likeness (QED) is 0.264. The first-order chi connectivity index (χ1) is 10.5. The predicted molar refractivity (Wildman–Crippen MR) is 110 cm³/mol. The normalized spacial score (nSPS) is 20.0. The van der Waals surface area contributed by atoms with Crippen molar-refractivity contribution in [3.8, 4) is 0 Å². The van der Waals surface area contributed by atoms with Gasteiger partial charge in [-0.05, 0) is 59.0 Å². The molecule has 0 aromatic heterocycles. The Morgan fingerprint density at radius 3 is 2.70 bits per heavy atom. The number of halogens is 1. The molecule has 0 radical (unpaired) electrons. The highest BCUT2D eigenvalue weighted by Crippen LogP contribution is 2.15. The van der Waals surface area contributed by atoms with Crippen LogP contribution in [0.2, 0.25) is 0 Å². The van der Waals surface area contributed by atoms with Gasteiger partial charge in [0.05, 0.1) is 12.1 Å². The molecule has 0 saturated carbocycles. The fraction of sp³-hybridized carbons (Fsp3) is 0.941. The predicted octanol–water partition coefficient (Wildman–Crippen LogP) is 2.71. The van der Waals surface area contributed by atoms with Crippen molar-refractivity contribution in [1.29, 1.82) is 0 Å². The van der Waals surface area contributed by atoms with Crippen molar-refractivity contribution in [3.05, 3.63) is 0 Å². The zero-order valence-corrected chi connectivity index (χ0v) is 18.0. The molecule has 0 aliphatic carbocycles. The summed E-state index contributed by atoms with van der Waals surface area (Å²) in [5.74, 6) is 1.75. The lowest BCUT2D eigenvalue weighted by Gasteiger charge is -2.30. The van der Waals surface area contributed by atoms with Crippen LogP contribution in [0, 0.1) is 5.92 Å². The number of aliphatic imine (C=N–C) groups is 1. The second kappa shape index (κ2) is 12.3. The molecule has 0 spiro atoms. The Hall–Kier alpha value is -0.0800. The van der Waals surface area contributed by atoms with E-state index >= 15 is 0 Å². The van der Waals surface area contributed by atoms with Crippen LogP contribution in [-0.2, 0) is 4.74 Å². The Morgan fingerprint density at radius 1 is 1.35 bits per heavy atom. The average molecular weight is 440 g/mol. The van der Waals surface area contributed by atoms with E-state index in [2.05, 4.69) is 48.2 Å². The molecule has 0 bridgehead atoms. The topological polar surface area (TPSA) is 48.9 Å². The summed E-state index contributed by atoms with van der Waals surface area (Å²) in [5, 5.41) is 6.72. The van der Waals surface area contributed by atoms with Crippen molar-refractivity contribution in [1.82, 2.24) is 15.5 Å². The smallest absolute Gasteiger partial charge is 0.191 e. The number of nitrogens with zero attached hydrogens (tertiary/aromatic N) is 2. The largest absolute Gasteiger partial charge is 0.377 e. The van der Waals surface area contributed by atoms with Crippen molar-refractivity contribution in [2.24, 2.45) is 10.9 Å². The van der Waals surface area contributed by atoms with Crippen molar-refractivity contribution in [2.75, 3.05) is 46.4 Å². The molecule has 23 heavy (non-hydrogen) atoms. The molecule has 1 atom stereocenters. The Bertz CT molecular complexity index is 337. The van der Waals surface area contributed by atoms with Crippen LogP contribution in [0.25, 0.3) is 0 Å². The molecule has 1 saturated heterocycles. The van der Waals surface area contributed by atoms with E-state index in [1.807, 2.05) is 0 Å². The molecular weight excluding hydrogens is 403 g/mol. The molecule has 138 valence electrons. The van der Waals surface area contributed by atoms with Gasteiger partial charge in [0.1, 0.15) is 0 Å². The van der Waals surface area contributed by atoms with Crippen molar-refractivity contribution in [2.45, 2.75) is 52.6 Å². The molecule has 5 nitrogen and oxygen atoms in total.